The van der Waals surface area contributed by atoms with Crippen molar-refractivity contribution in [3.8, 4) is 0 Å². The number of piperidine rings is 1. The second kappa shape index (κ2) is 8.31. The van der Waals surface area contributed by atoms with E-state index in [1.807, 2.05) is 6.07 Å². The van der Waals surface area contributed by atoms with Gasteiger partial charge in [-0.1, -0.05) is 22.9 Å². The maximum Gasteiger partial charge on any atom is 0.261 e. The molecule has 1 fully saturated rings. The summed E-state index contributed by atoms with van der Waals surface area (Å²) in [6, 6.07) is 5.66. The molecule has 1 amide bonds. The Balaban J connectivity index is 1.60. The first kappa shape index (κ1) is 19.0. The highest BCUT2D eigenvalue weighted by Gasteiger charge is 2.21. The van der Waals surface area contributed by atoms with Crippen LogP contribution in [0.15, 0.2) is 33.8 Å². The number of nitrogens with one attached hydrogen (secondary N) is 1. The van der Waals surface area contributed by atoms with Crippen molar-refractivity contribution >= 4 is 32.7 Å². The Morgan fingerprint density at radius 2 is 2.27 bits per heavy atom. The van der Waals surface area contributed by atoms with E-state index < -0.39 is 0 Å². The summed E-state index contributed by atoms with van der Waals surface area (Å²) in [5.41, 5.74) is 0.423. The molecule has 0 spiro atoms. The first-order chi connectivity index (χ1) is 12.4. The largest absolute Gasteiger partial charge is 0.353 e. The Kier molecular flexibility index (Phi) is 6.09. The van der Waals surface area contributed by atoms with Crippen molar-refractivity contribution in [1.82, 2.24) is 19.8 Å². The van der Waals surface area contributed by atoms with Gasteiger partial charge in [0.1, 0.15) is 6.54 Å². The molecule has 0 saturated carbocycles. The second-order valence-corrected chi connectivity index (χ2v) is 8.15. The average molecular weight is 421 g/mol. The Bertz CT molecular complexity index is 851. The number of halogens is 1. The van der Waals surface area contributed by atoms with E-state index in [0.29, 0.717) is 29.4 Å². The van der Waals surface area contributed by atoms with Crippen LogP contribution in [0.4, 0.5) is 0 Å². The number of aromatic nitrogens is 2. The molecule has 2 heterocycles. The number of amides is 1. The molecule has 26 heavy (non-hydrogen) atoms. The Hall–Kier alpha value is -1.73. The zero-order valence-electron chi connectivity index (χ0n) is 15.2. The number of hydrogen-bond donors (Lipinski definition) is 1. The van der Waals surface area contributed by atoms with Gasteiger partial charge in [-0.3, -0.25) is 19.1 Å². The summed E-state index contributed by atoms with van der Waals surface area (Å²) in [5.74, 6) is 0.545. The molecule has 2 unspecified atom stereocenters. The Labute approximate surface area is 161 Å². The van der Waals surface area contributed by atoms with Crippen LogP contribution in [0, 0.1) is 5.92 Å². The molecule has 1 aliphatic rings. The highest BCUT2D eigenvalue weighted by atomic mass is 79.9. The van der Waals surface area contributed by atoms with E-state index in [-0.39, 0.29) is 18.0 Å². The van der Waals surface area contributed by atoms with Crippen LogP contribution in [0.1, 0.15) is 26.7 Å². The summed E-state index contributed by atoms with van der Waals surface area (Å²) >= 11 is 3.36. The number of fused-ring (bicyclic) bond motifs is 1. The summed E-state index contributed by atoms with van der Waals surface area (Å²) in [6.07, 6.45) is 3.94. The molecule has 1 aromatic carbocycles. The minimum atomic E-state index is -0.204. The molecule has 0 bridgehead atoms. The van der Waals surface area contributed by atoms with Crippen molar-refractivity contribution in [2.45, 2.75) is 39.3 Å². The van der Waals surface area contributed by atoms with Gasteiger partial charge in [-0.15, -0.1) is 0 Å². The molecule has 140 valence electrons. The summed E-state index contributed by atoms with van der Waals surface area (Å²) in [5, 5.41) is 3.46. The first-order valence-electron chi connectivity index (χ1n) is 9.09. The predicted molar refractivity (Wildman–Crippen MR) is 106 cm³/mol. The molecule has 2 atom stereocenters. The van der Waals surface area contributed by atoms with Crippen LogP contribution in [0.25, 0.3) is 10.9 Å². The Morgan fingerprint density at radius 3 is 3.04 bits per heavy atom. The molecule has 1 saturated heterocycles. The minimum absolute atomic E-state index is 0.0165. The van der Waals surface area contributed by atoms with Gasteiger partial charge in [0.05, 0.1) is 17.2 Å². The standard InChI is InChI=1S/C19H25BrN4O2/c1-13-4-3-7-23(10-13)14(2)9-21-18(25)11-24-12-22-17-6-5-15(20)8-16(17)19(24)26/h5-6,8,12-14H,3-4,7,9-11H2,1-2H3,(H,21,25). The van der Waals surface area contributed by atoms with Crippen LogP contribution in [0.2, 0.25) is 0 Å². The zero-order chi connectivity index (χ0) is 18.7. The lowest BCUT2D eigenvalue weighted by Crippen LogP contribution is -2.47. The quantitative estimate of drug-likeness (QED) is 0.805. The van der Waals surface area contributed by atoms with E-state index in [0.717, 1.165) is 17.6 Å². The van der Waals surface area contributed by atoms with Crippen LogP contribution >= 0.6 is 15.9 Å². The summed E-state index contributed by atoms with van der Waals surface area (Å²) in [4.78, 5) is 31.5. The molecule has 1 N–H and O–H groups in total. The van der Waals surface area contributed by atoms with Gasteiger partial charge in [-0.25, -0.2) is 4.98 Å². The zero-order valence-corrected chi connectivity index (χ0v) is 16.8. The SMILES string of the molecule is CC1CCCN(C(C)CNC(=O)Cn2cnc3ccc(Br)cc3c2=O)C1. The fourth-order valence-corrected chi connectivity index (χ4v) is 3.83. The molecule has 0 aliphatic carbocycles. The number of carbonyl (C=O) groups excluding carboxylic acids is 1. The van der Waals surface area contributed by atoms with Gasteiger partial charge in [0.2, 0.25) is 5.91 Å². The van der Waals surface area contributed by atoms with E-state index in [4.69, 9.17) is 0 Å². The lowest BCUT2D eigenvalue weighted by Gasteiger charge is -2.35. The highest BCUT2D eigenvalue weighted by molar-refractivity contribution is 9.10. The van der Waals surface area contributed by atoms with E-state index in [9.17, 15) is 9.59 Å². The maximum atomic E-state index is 12.6. The molecule has 6 nitrogen and oxygen atoms in total. The maximum absolute atomic E-state index is 12.6. The molecule has 3 rings (SSSR count). The number of benzene rings is 1. The number of carbonyl (C=O) groups is 1. The highest BCUT2D eigenvalue weighted by Crippen LogP contribution is 2.17. The van der Waals surface area contributed by atoms with Gasteiger partial charge in [0.15, 0.2) is 0 Å². The number of nitrogens with zero attached hydrogens (tertiary/aromatic N) is 3. The van der Waals surface area contributed by atoms with E-state index in [2.05, 4.69) is 45.0 Å². The lowest BCUT2D eigenvalue weighted by molar-refractivity contribution is -0.122. The van der Waals surface area contributed by atoms with E-state index >= 15 is 0 Å². The molecule has 7 heteroatoms. The molecule has 1 aliphatic heterocycles. The second-order valence-electron chi connectivity index (χ2n) is 7.23. The minimum Gasteiger partial charge on any atom is -0.353 e. The monoisotopic (exact) mass is 420 g/mol. The van der Waals surface area contributed by atoms with Gasteiger partial charge in [0.25, 0.3) is 5.56 Å². The van der Waals surface area contributed by atoms with Crippen LogP contribution in [0.5, 0.6) is 0 Å². The fraction of sp³-hybridized carbons (Fsp3) is 0.526. The predicted octanol–water partition coefficient (Wildman–Crippen LogP) is 2.40. The van der Waals surface area contributed by atoms with Crippen LogP contribution in [-0.2, 0) is 11.3 Å². The van der Waals surface area contributed by atoms with Crippen LogP contribution in [-0.4, -0.2) is 46.0 Å². The number of rotatable bonds is 5. The third kappa shape index (κ3) is 4.51. The number of likely N-dealkylation sites (tertiary alicyclic amines) is 1. The first-order valence-corrected chi connectivity index (χ1v) is 9.89. The van der Waals surface area contributed by atoms with E-state index in [1.54, 1.807) is 12.1 Å². The molecule has 0 radical (unpaired) electrons. The Morgan fingerprint density at radius 1 is 1.46 bits per heavy atom. The summed E-state index contributed by atoms with van der Waals surface area (Å²) in [6.45, 7) is 7.16. The molecule has 1 aromatic heterocycles. The summed E-state index contributed by atoms with van der Waals surface area (Å²) in [7, 11) is 0. The molecule has 2 aromatic rings. The molecular weight excluding hydrogens is 396 g/mol. The smallest absolute Gasteiger partial charge is 0.261 e. The fourth-order valence-electron chi connectivity index (χ4n) is 3.47. The van der Waals surface area contributed by atoms with E-state index in [1.165, 1.54) is 23.7 Å². The van der Waals surface area contributed by atoms with Crippen molar-refractivity contribution in [2.75, 3.05) is 19.6 Å². The lowest BCUT2D eigenvalue weighted by atomic mass is 9.99. The van der Waals surface area contributed by atoms with Crippen molar-refractivity contribution in [3.05, 3.63) is 39.4 Å². The van der Waals surface area contributed by atoms with Crippen molar-refractivity contribution in [1.29, 1.82) is 0 Å². The van der Waals surface area contributed by atoms with Crippen molar-refractivity contribution in [3.63, 3.8) is 0 Å². The average Bonchev–Trinajstić information content (AvgIpc) is 2.62. The molecular formula is C19H25BrN4O2. The number of hydrogen-bond acceptors (Lipinski definition) is 4. The van der Waals surface area contributed by atoms with Gasteiger partial charge < -0.3 is 5.32 Å². The van der Waals surface area contributed by atoms with Gasteiger partial charge >= 0.3 is 0 Å². The third-order valence-corrected chi connectivity index (χ3v) is 5.50. The van der Waals surface area contributed by atoms with Crippen molar-refractivity contribution in [2.24, 2.45) is 5.92 Å². The normalized spacial score (nSPS) is 19.4. The van der Waals surface area contributed by atoms with Crippen LogP contribution in [0.3, 0.4) is 0 Å². The van der Waals surface area contributed by atoms with Crippen molar-refractivity contribution < 1.29 is 4.79 Å². The summed E-state index contributed by atoms with van der Waals surface area (Å²) < 4.78 is 2.17. The topological polar surface area (TPSA) is 67.2 Å². The van der Waals surface area contributed by atoms with Gasteiger partial charge in [0, 0.05) is 23.6 Å². The van der Waals surface area contributed by atoms with Gasteiger partial charge in [-0.05, 0) is 50.4 Å². The van der Waals surface area contributed by atoms with Crippen LogP contribution < -0.4 is 10.9 Å². The van der Waals surface area contributed by atoms with Gasteiger partial charge in [-0.2, -0.15) is 0 Å². The third-order valence-electron chi connectivity index (χ3n) is 5.01.